The lowest BCUT2D eigenvalue weighted by Crippen LogP contribution is -2.10. The van der Waals surface area contributed by atoms with E-state index < -0.39 is 17.1 Å². The van der Waals surface area contributed by atoms with Gasteiger partial charge in [0.1, 0.15) is 15.1 Å². The highest BCUT2D eigenvalue weighted by Crippen LogP contribution is 2.45. The molecule has 0 amide bonds. The number of H-pyrrole nitrogens is 1. The molecule has 1 N–H and O–H groups in total. The second kappa shape index (κ2) is 6.80. The molecule has 0 aliphatic carbocycles. The Hall–Kier alpha value is -0.380. The van der Waals surface area contributed by atoms with Crippen LogP contribution in [0.4, 0.5) is 13.2 Å². The fourth-order valence-electron chi connectivity index (χ4n) is 1.68. The summed E-state index contributed by atoms with van der Waals surface area (Å²) < 4.78 is 40.4. The van der Waals surface area contributed by atoms with E-state index >= 15 is 0 Å². The molecule has 0 aliphatic rings. The summed E-state index contributed by atoms with van der Waals surface area (Å²) in [5.41, 5.74) is -0.619. The van der Waals surface area contributed by atoms with E-state index in [1.54, 1.807) is 6.92 Å². The average molecular weight is 374 g/mol. The van der Waals surface area contributed by atoms with Crippen molar-refractivity contribution in [2.24, 2.45) is 0 Å². The maximum Gasteiger partial charge on any atom is 0.433 e. The van der Waals surface area contributed by atoms with Gasteiger partial charge in [-0.2, -0.15) is 18.3 Å². The molecule has 0 saturated carbocycles. The van der Waals surface area contributed by atoms with Gasteiger partial charge in [-0.05, 0) is 12.7 Å². The number of halogens is 4. The van der Waals surface area contributed by atoms with Gasteiger partial charge < -0.3 is 0 Å². The Morgan fingerprint density at radius 2 is 2.19 bits per heavy atom. The van der Waals surface area contributed by atoms with Crippen LogP contribution < -0.4 is 0 Å². The standard InChI is InChI=1S/C11H11ClF3N3S3/c1-3-19-9-7(8(17-18-9)11(13,14)15)5(2)20-10-16-4-6(12)21-10/h4-5H,3H2,1-2H3,(H,17,18). The molecule has 2 heterocycles. The van der Waals surface area contributed by atoms with Crippen molar-refractivity contribution in [2.75, 3.05) is 5.75 Å². The summed E-state index contributed by atoms with van der Waals surface area (Å²) in [6.07, 6.45) is -2.97. The molecule has 10 heteroatoms. The predicted molar refractivity (Wildman–Crippen MR) is 81.4 cm³/mol. The van der Waals surface area contributed by atoms with Crippen LogP contribution in [0.15, 0.2) is 15.6 Å². The third-order valence-corrected chi connectivity index (χ3v) is 5.69. The van der Waals surface area contributed by atoms with Gasteiger partial charge in [0.2, 0.25) is 0 Å². The van der Waals surface area contributed by atoms with Gasteiger partial charge in [-0.1, -0.05) is 41.6 Å². The Bertz CT molecular complexity index is 611. The Morgan fingerprint density at radius 1 is 1.48 bits per heavy atom. The van der Waals surface area contributed by atoms with Crippen LogP contribution in [0.25, 0.3) is 0 Å². The van der Waals surface area contributed by atoms with Crippen molar-refractivity contribution in [3.63, 3.8) is 0 Å². The Morgan fingerprint density at radius 3 is 2.71 bits per heavy atom. The molecule has 116 valence electrons. The molecular weight excluding hydrogens is 363 g/mol. The highest BCUT2D eigenvalue weighted by molar-refractivity contribution is 8.01. The minimum absolute atomic E-state index is 0.172. The summed E-state index contributed by atoms with van der Waals surface area (Å²) in [6, 6.07) is 0. The molecule has 0 radical (unpaired) electrons. The maximum absolute atomic E-state index is 13.1. The topological polar surface area (TPSA) is 41.6 Å². The van der Waals surface area contributed by atoms with E-state index in [2.05, 4.69) is 15.2 Å². The van der Waals surface area contributed by atoms with Crippen LogP contribution in [0.3, 0.4) is 0 Å². The van der Waals surface area contributed by atoms with Gasteiger partial charge >= 0.3 is 6.18 Å². The Kier molecular flexibility index (Phi) is 5.50. The number of rotatable bonds is 5. The van der Waals surface area contributed by atoms with Crippen molar-refractivity contribution in [1.29, 1.82) is 0 Å². The lowest BCUT2D eigenvalue weighted by atomic mass is 10.2. The third-order valence-electron chi connectivity index (χ3n) is 2.47. The van der Waals surface area contributed by atoms with Gasteiger partial charge in [0.25, 0.3) is 0 Å². The number of aromatic amines is 1. The van der Waals surface area contributed by atoms with E-state index in [4.69, 9.17) is 11.6 Å². The first-order valence-corrected chi connectivity index (χ1v) is 8.95. The summed E-state index contributed by atoms with van der Waals surface area (Å²) in [4.78, 5) is 4.06. The van der Waals surface area contributed by atoms with Crippen molar-refractivity contribution in [2.45, 2.75) is 34.6 Å². The Labute approximate surface area is 137 Å². The number of nitrogens with one attached hydrogen (secondary N) is 1. The number of nitrogens with zero attached hydrogens (tertiary/aromatic N) is 2. The van der Waals surface area contributed by atoms with Gasteiger partial charge in [0.05, 0.1) is 6.20 Å². The number of hydrogen-bond donors (Lipinski definition) is 1. The zero-order valence-corrected chi connectivity index (χ0v) is 14.2. The van der Waals surface area contributed by atoms with Crippen LogP contribution in [-0.2, 0) is 6.18 Å². The highest BCUT2D eigenvalue weighted by Gasteiger charge is 2.39. The van der Waals surface area contributed by atoms with Crippen LogP contribution in [0.2, 0.25) is 4.34 Å². The number of aromatic nitrogens is 3. The zero-order valence-electron chi connectivity index (χ0n) is 11.0. The molecular formula is C11H11ClF3N3S3. The first-order valence-electron chi connectivity index (χ1n) is 5.89. The van der Waals surface area contributed by atoms with Crippen molar-refractivity contribution in [3.05, 3.63) is 21.8 Å². The fraction of sp³-hybridized carbons (Fsp3) is 0.455. The predicted octanol–water partition coefficient (Wildman–Crippen LogP) is 5.50. The molecule has 0 aromatic carbocycles. The molecule has 1 unspecified atom stereocenters. The molecule has 0 fully saturated rings. The highest BCUT2D eigenvalue weighted by atomic mass is 35.5. The first kappa shape index (κ1) is 17.0. The molecule has 2 aromatic heterocycles. The van der Waals surface area contributed by atoms with Gasteiger partial charge in [0, 0.05) is 10.8 Å². The van der Waals surface area contributed by atoms with E-state index in [0.717, 1.165) is 0 Å². The van der Waals surface area contributed by atoms with Crippen LogP contribution in [0.1, 0.15) is 30.4 Å². The molecule has 0 bridgehead atoms. The number of thiazole rings is 1. The molecule has 3 nitrogen and oxygen atoms in total. The zero-order chi connectivity index (χ0) is 15.6. The molecule has 2 aromatic rings. The maximum atomic E-state index is 13.1. The smallest absolute Gasteiger partial charge is 0.272 e. The number of alkyl halides is 3. The van der Waals surface area contributed by atoms with Gasteiger partial charge in [-0.3, -0.25) is 5.10 Å². The molecule has 1 atom stereocenters. The summed E-state index contributed by atoms with van der Waals surface area (Å²) in [5.74, 6) is 0.648. The van der Waals surface area contributed by atoms with Crippen molar-refractivity contribution < 1.29 is 13.2 Å². The largest absolute Gasteiger partial charge is 0.433 e. The third kappa shape index (κ3) is 4.08. The van der Waals surface area contributed by atoms with E-state index in [1.165, 1.54) is 41.1 Å². The average Bonchev–Trinajstić information content (AvgIpc) is 2.95. The molecule has 21 heavy (non-hydrogen) atoms. The quantitative estimate of drug-likeness (QED) is 0.702. The molecule has 0 spiro atoms. The second-order valence-electron chi connectivity index (χ2n) is 3.94. The van der Waals surface area contributed by atoms with E-state index in [-0.39, 0.29) is 5.56 Å². The van der Waals surface area contributed by atoms with Gasteiger partial charge in [-0.15, -0.1) is 11.8 Å². The molecule has 0 aliphatic heterocycles. The number of hydrogen-bond acceptors (Lipinski definition) is 5. The fourth-order valence-corrected chi connectivity index (χ4v) is 5.01. The van der Waals surface area contributed by atoms with Crippen LogP contribution in [0, 0.1) is 0 Å². The monoisotopic (exact) mass is 373 g/mol. The first-order chi connectivity index (χ1) is 9.82. The van der Waals surface area contributed by atoms with Crippen LogP contribution >= 0.6 is 46.5 Å². The summed E-state index contributed by atoms with van der Waals surface area (Å²) in [7, 11) is 0. The SMILES string of the molecule is CCSc1n[nH]c(C(F)(F)F)c1C(C)Sc1ncc(Cl)s1. The molecule has 2 rings (SSSR count). The molecule has 0 saturated heterocycles. The minimum Gasteiger partial charge on any atom is -0.272 e. The lowest BCUT2D eigenvalue weighted by molar-refractivity contribution is -0.141. The van der Waals surface area contributed by atoms with Crippen LogP contribution in [-0.4, -0.2) is 20.9 Å². The van der Waals surface area contributed by atoms with Crippen LogP contribution in [0.5, 0.6) is 0 Å². The van der Waals surface area contributed by atoms with Crippen molar-refractivity contribution in [3.8, 4) is 0 Å². The van der Waals surface area contributed by atoms with E-state index in [0.29, 0.717) is 19.5 Å². The second-order valence-corrected chi connectivity index (χ2v) is 8.44. The summed E-state index contributed by atoms with van der Waals surface area (Å²) in [5, 5.41) is 5.87. The normalized spacial score (nSPS) is 13.6. The lowest BCUT2D eigenvalue weighted by Gasteiger charge is -2.13. The van der Waals surface area contributed by atoms with Crippen molar-refractivity contribution in [1.82, 2.24) is 15.2 Å². The van der Waals surface area contributed by atoms with E-state index in [9.17, 15) is 13.2 Å². The number of thioether (sulfide) groups is 2. The van der Waals surface area contributed by atoms with Gasteiger partial charge in [0.15, 0.2) is 4.34 Å². The summed E-state index contributed by atoms with van der Waals surface area (Å²) in [6.45, 7) is 3.58. The van der Waals surface area contributed by atoms with Gasteiger partial charge in [-0.25, -0.2) is 4.98 Å². The van der Waals surface area contributed by atoms with E-state index in [1.807, 2.05) is 6.92 Å². The Balaban J connectivity index is 2.33. The minimum atomic E-state index is -4.45. The van der Waals surface area contributed by atoms with Crippen molar-refractivity contribution >= 4 is 46.5 Å². The summed E-state index contributed by atoms with van der Waals surface area (Å²) >= 11 is 9.56.